The van der Waals surface area contributed by atoms with E-state index in [-0.39, 0.29) is 24.2 Å². The molecule has 2 aromatic rings. The molecule has 1 aliphatic rings. The fraction of sp³-hybridized carbons (Fsp3) is 0.389. The molecule has 3 rings (SSSR count). The molecule has 1 saturated heterocycles. The monoisotopic (exact) mass is 359 g/mol. The van der Waals surface area contributed by atoms with Crippen LogP contribution in [-0.4, -0.2) is 30.5 Å². The number of carbonyl (C=O) groups is 2. The van der Waals surface area contributed by atoms with Gasteiger partial charge in [0.25, 0.3) is 0 Å². The highest BCUT2D eigenvalue weighted by molar-refractivity contribution is 7.15. The van der Waals surface area contributed by atoms with Gasteiger partial charge in [0.15, 0.2) is 5.13 Å². The minimum Gasteiger partial charge on any atom is -0.497 e. The van der Waals surface area contributed by atoms with Gasteiger partial charge in [-0.2, -0.15) is 0 Å². The number of benzene rings is 1. The lowest BCUT2D eigenvalue weighted by Crippen LogP contribution is -2.28. The van der Waals surface area contributed by atoms with E-state index >= 15 is 0 Å². The van der Waals surface area contributed by atoms with Gasteiger partial charge in [-0.05, 0) is 37.6 Å². The van der Waals surface area contributed by atoms with E-state index in [1.165, 1.54) is 11.3 Å². The van der Waals surface area contributed by atoms with Gasteiger partial charge in [-0.25, -0.2) is 4.98 Å². The summed E-state index contributed by atoms with van der Waals surface area (Å²) in [7, 11) is 1.60. The number of amides is 2. The Balaban J connectivity index is 1.67. The molecule has 1 fully saturated rings. The summed E-state index contributed by atoms with van der Waals surface area (Å²) >= 11 is 1.47. The smallest absolute Gasteiger partial charge is 0.231 e. The number of thiazole rings is 1. The molecule has 1 N–H and O–H groups in total. The Morgan fingerprint density at radius 1 is 1.40 bits per heavy atom. The van der Waals surface area contributed by atoms with Crippen LogP contribution in [0.4, 0.5) is 10.8 Å². The average Bonchev–Trinajstić information content (AvgIpc) is 3.17. The van der Waals surface area contributed by atoms with Crippen molar-refractivity contribution in [2.45, 2.75) is 26.7 Å². The number of aromatic nitrogens is 1. The van der Waals surface area contributed by atoms with E-state index < -0.39 is 0 Å². The lowest BCUT2D eigenvalue weighted by atomic mass is 10.1. The van der Waals surface area contributed by atoms with Gasteiger partial charge in [0, 0.05) is 23.5 Å². The van der Waals surface area contributed by atoms with Crippen molar-refractivity contribution in [3.63, 3.8) is 0 Å². The number of anilines is 2. The fourth-order valence-electron chi connectivity index (χ4n) is 2.91. The van der Waals surface area contributed by atoms with Crippen molar-refractivity contribution in [1.82, 2.24) is 4.98 Å². The number of methoxy groups -OCH3 is 1. The zero-order chi connectivity index (χ0) is 18.0. The fourth-order valence-corrected chi connectivity index (χ4v) is 3.82. The quantitative estimate of drug-likeness (QED) is 0.891. The molecule has 0 saturated carbocycles. The zero-order valence-electron chi connectivity index (χ0n) is 14.5. The molecule has 0 aliphatic carbocycles. The molecule has 0 spiro atoms. The summed E-state index contributed by atoms with van der Waals surface area (Å²) in [5, 5.41) is 3.47. The number of hydrogen-bond acceptors (Lipinski definition) is 5. The minimum atomic E-state index is -0.371. The van der Waals surface area contributed by atoms with E-state index in [4.69, 9.17) is 4.74 Å². The summed E-state index contributed by atoms with van der Waals surface area (Å²) in [5.41, 5.74) is 1.78. The van der Waals surface area contributed by atoms with Crippen molar-refractivity contribution in [2.24, 2.45) is 5.92 Å². The second kappa shape index (κ2) is 7.23. The summed E-state index contributed by atoms with van der Waals surface area (Å²) in [6.07, 6.45) is 1.05. The topological polar surface area (TPSA) is 71.5 Å². The second-order valence-electron chi connectivity index (χ2n) is 5.97. The van der Waals surface area contributed by atoms with Crippen LogP contribution >= 0.6 is 11.3 Å². The molecule has 132 valence electrons. The van der Waals surface area contributed by atoms with Crippen LogP contribution in [0.1, 0.15) is 23.9 Å². The highest BCUT2D eigenvalue weighted by Crippen LogP contribution is 2.28. The van der Waals surface area contributed by atoms with E-state index in [0.717, 1.165) is 28.4 Å². The Hall–Kier alpha value is -2.41. The lowest BCUT2D eigenvalue weighted by Gasteiger charge is -2.16. The Kier molecular flexibility index (Phi) is 5.03. The number of rotatable bonds is 5. The Bertz CT molecular complexity index is 785. The van der Waals surface area contributed by atoms with Crippen LogP contribution in [0.5, 0.6) is 5.75 Å². The molecular weight excluding hydrogens is 338 g/mol. The predicted molar refractivity (Wildman–Crippen MR) is 98.3 cm³/mol. The van der Waals surface area contributed by atoms with Gasteiger partial charge in [0.2, 0.25) is 11.8 Å². The molecule has 0 radical (unpaired) electrons. The first-order valence-corrected chi connectivity index (χ1v) is 9.05. The highest BCUT2D eigenvalue weighted by Gasteiger charge is 2.35. The third kappa shape index (κ3) is 3.66. The summed E-state index contributed by atoms with van der Waals surface area (Å²) in [6.45, 7) is 4.41. The molecule has 0 bridgehead atoms. The molecule has 0 unspecified atom stereocenters. The average molecular weight is 359 g/mol. The maximum absolute atomic E-state index is 12.5. The largest absolute Gasteiger partial charge is 0.497 e. The molecule has 1 aliphatic heterocycles. The van der Waals surface area contributed by atoms with Gasteiger partial charge in [-0.15, -0.1) is 11.3 Å². The number of aryl methyl sites for hydroxylation is 2. The first-order valence-electron chi connectivity index (χ1n) is 8.23. The van der Waals surface area contributed by atoms with E-state index in [1.54, 1.807) is 24.1 Å². The van der Waals surface area contributed by atoms with E-state index in [2.05, 4.69) is 10.3 Å². The Morgan fingerprint density at radius 3 is 2.72 bits per heavy atom. The van der Waals surface area contributed by atoms with E-state index in [1.807, 2.05) is 26.0 Å². The van der Waals surface area contributed by atoms with Gasteiger partial charge in [0.1, 0.15) is 5.75 Å². The van der Waals surface area contributed by atoms with E-state index in [9.17, 15) is 9.59 Å². The SMILES string of the molecule is CCc1nc(NC(=O)[C@H]2CC(=O)N(c3ccc(OC)cc3)C2)sc1C. The van der Waals surface area contributed by atoms with Crippen LogP contribution in [0.25, 0.3) is 0 Å². The van der Waals surface area contributed by atoms with Crippen LogP contribution < -0.4 is 15.0 Å². The van der Waals surface area contributed by atoms with Crippen molar-refractivity contribution in [3.05, 3.63) is 34.8 Å². The first kappa shape index (κ1) is 17.4. The van der Waals surface area contributed by atoms with Gasteiger partial charge in [-0.3, -0.25) is 9.59 Å². The van der Waals surface area contributed by atoms with E-state index in [0.29, 0.717) is 11.7 Å². The lowest BCUT2D eigenvalue weighted by molar-refractivity contribution is -0.122. The molecule has 1 atom stereocenters. The van der Waals surface area contributed by atoms with Crippen molar-refractivity contribution in [2.75, 3.05) is 23.9 Å². The molecule has 2 heterocycles. The summed E-state index contributed by atoms with van der Waals surface area (Å²) < 4.78 is 5.13. The highest BCUT2D eigenvalue weighted by atomic mass is 32.1. The minimum absolute atomic E-state index is 0.0464. The summed E-state index contributed by atoms with van der Waals surface area (Å²) in [6, 6.07) is 7.27. The zero-order valence-corrected chi connectivity index (χ0v) is 15.4. The first-order chi connectivity index (χ1) is 12.0. The van der Waals surface area contributed by atoms with Crippen molar-refractivity contribution in [1.29, 1.82) is 0 Å². The number of carbonyl (C=O) groups excluding carboxylic acids is 2. The molecule has 1 aromatic carbocycles. The van der Waals surface area contributed by atoms with Crippen LogP contribution in [-0.2, 0) is 16.0 Å². The third-order valence-electron chi connectivity index (χ3n) is 4.34. The maximum Gasteiger partial charge on any atom is 0.231 e. The van der Waals surface area contributed by atoms with Gasteiger partial charge in [-0.1, -0.05) is 6.92 Å². The van der Waals surface area contributed by atoms with Crippen LogP contribution in [0.15, 0.2) is 24.3 Å². The summed E-state index contributed by atoms with van der Waals surface area (Å²) in [4.78, 5) is 32.0. The number of nitrogens with one attached hydrogen (secondary N) is 1. The van der Waals surface area contributed by atoms with Crippen LogP contribution in [0.3, 0.4) is 0 Å². The van der Waals surface area contributed by atoms with Crippen LogP contribution in [0, 0.1) is 12.8 Å². The van der Waals surface area contributed by atoms with Gasteiger partial charge < -0.3 is 15.0 Å². The predicted octanol–water partition coefficient (Wildman–Crippen LogP) is 3.01. The molecule has 6 nitrogen and oxygen atoms in total. The molecule has 25 heavy (non-hydrogen) atoms. The Labute approximate surface area is 150 Å². The number of ether oxygens (including phenoxy) is 1. The van der Waals surface area contributed by atoms with Gasteiger partial charge in [0.05, 0.1) is 18.7 Å². The standard InChI is InChI=1S/C18H21N3O3S/c1-4-15-11(2)25-18(19-15)20-17(23)12-9-16(22)21(10-12)13-5-7-14(24-3)8-6-13/h5-8,12H,4,9-10H2,1-3H3,(H,19,20,23)/t12-/m0/s1. The second-order valence-corrected chi connectivity index (χ2v) is 7.17. The van der Waals surface area contributed by atoms with Crippen LogP contribution in [0.2, 0.25) is 0 Å². The van der Waals surface area contributed by atoms with Crippen molar-refractivity contribution < 1.29 is 14.3 Å². The van der Waals surface area contributed by atoms with Crippen molar-refractivity contribution in [3.8, 4) is 5.75 Å². The molecular formula is C18H21N3O3S. The normalized spacial score (nSPS) is 17.0. The Morgan fingerprint density at radius 2 is 2.12 bits per heavy atom. The van der Waals surface area contributed by atoms with Crippen molar-refractivity contribution >= 4 is 34.0 Å². The molecule has 1 aromatic heterocycles. The molecule has 2 amide bonds. The summed E-state index contributed by atoms with van der Waals surface area (Å²) in [5.74, 6) is 0.162. The number of nitrogens with zero attached hydrogens (tertiary/aromatic N) is 2. The third-order valence-corrected chi connectivity index (χ3v) is 5.27. The molecule has 7 heteroatoms. The maximum atomic E-state index is 12.5. The number of hydrogen-bond donors (Lipinski definition) is 1. The van der Waals surface area contributed by atoms with Gasteiger partial charge >= 0.3 is 0 Å².